The van der Waals surface area contributed by atoms with Gasteiger partial charge >= 0.3 is 29.1 Å². The van der Waals surface area contributed by atoms with Gasteiger partial charge in [0.1, 0.15) is 6.61 Å². The number of aliphatic hydroxyl groups excluding tert-OH is 2. The summed E-state index contributed by atoms with van der Waals surface area (Å²) in [6.07, 6.45) is 5.70. The molecule has 15 heteroatoms. The number of hydrogen-bond acceptors (Lipinski definition) is 11. The first-order valence-corrected chi connectivity index (χ1v) is 29.0. The average molecular weight is 767 g/mol. The van der Waals surface area contributed by atoms with Crippen LogP contribution >= 0.6 is 0 Å². The number of rotatable bonds is 28. The van der Waals surface area contributed by atoms with Gasteiger partial charge in [-0.15, -0.1) is 0 Å². The zero-order valence-electron chi connectivity index (χ0n) is 32.5. The van der Waals surface area contributed by atoms with E-state index in [0.717, 1.165) is 55.8 Å². The molecule has 288 valence electrons. The smallest absolute Gasteiger partial charge is 0.333 e. The fourth-order valence-corrected chi connectivity index (χ4v) is 24.6. The second-order valence-corrected chi connectivity index (χ2v) is 30.5. The molecule has 2 N–H and O–H groups in total. The first kappa shape index (κ1) is 49.9. The van der Waals surface area contributed by atoms with Crippen molar-refractivity contribution >= 4 is 45.7 Å². The van der Waals surface area contributed by atoms with Crippen LogP contribution in [0.3, 0.4) is 0 Å². The van der Waals surface area contributed by atoms with E-state index in [9.17, 15) is 14.7 Å². The number of carbonyl (C=O) groups excluding carboxylic acids is 2. The lowest BCUT2D eigenvalue weighted by Crippen LogP contribution is -2.57. The summed E-state index contributed by atoms with van der Waals surface area (Å²) in [5.74, 6) is -0.704. The molecule has 0 aromatic heterocycles. The maximum atomic E-state index is 11.6. The molecule has 1 unspecified atom stereocenters. The Bertz CT molecular complexity index is 989. The van der Waals surface area contributed by atoms with Crippen LogP contribution in [0.15, 0.2) is 36.5 Å². The first-order chi connectivity index (χ1) is 22.6. The summed E-state index contributed by atoms with van der Waals surface area (Å²) in [4.78, 5) is 32.8. The topological polar surface area (TPSA) is 139 Å². The van der Waals surface area contributed by atoms with E-state index in [1.54, 1.807) is 13.8 Å². The SMILES string of the molecule is C=C(C)C(=O)OCCCCO.C=C(C)COOCCC[Si](C)(C)O[Si](C)(CCCCCO)O[Si](C)(C)O[Si](C)(C)CCCOC(=O)C(=C)C. The van der Waals surface area contributed by atoms with Crippen molar-refractivity contribution in [3.8, 4) is 0 Å². The normalized spacial score (nSPS) is 13.1. The van der Waals surface area contributed by atoms with Crippen molar-refractivity contribution in [2.75, 3.05) is 39.6 Å². The summed E-state index contributed by atoms with van der Waals surface area (Å²) in [6.45, 7) is 33.3. The molecular weight excluding hydrogens is 697 g/mol. The summed E-state index contributed by atoms with van der Waals surface area (Å²) >= 11 is 0. The Morgan fingerprint density at radius 2 is 1.02 bits per heavy atom. The van der Waals surface area contributed by atoms with Crippen molar-refractivity contribution in [3.05, 3.63) is 36.5 Å². The quantitative estimate of drug-likeness (QED) is 0.0154. The fourth-order valence-electron chi connectivity index (χ4n) is 4.80. The molecule has 0 rings (SSSR count). The van der Waals surface area contributed by atoms with E-state index >= 15 is 0 Å². The Kier molecular flexibility index (Phi) is 27.0. The fraction of sp³-hybridized carbons (Fsp3) is 0.765. The summed E-state index contributed by atoms with van der Waals surface area (Å²) < 4.78 is 30.6. The van der Waals surface area contributed by atoms with Gasteiger partial charge in [-0.2, -0.15) is 0 Å². The van der Waals surface area contributed by atoms with E-state index in [0.29, 0.717) is 50.4 Å². The van der Waals surface area contributed by atoms with Gasteiger partial charge in [0.25, 0.3) is 0 Å². The molecule has 0 amide bonds. The minimum atomic E-state index is -2.55. The van der Waals surface area contributed by atoms with Crippen LogP contribution in [-0.4, -0.2) is 95.5 Å². The lowest BCUT2D eigenvalue weighted by molar-refractivity contribution is -0.287. The summed E-state index contributed by atoms with van der Waals surface area (Å²) in [5, 5.41) is 17.6. The molecule has 0 aliphatic rings. The summed E-state index contributed by atoms with van der Waals surface area (Å²) in [5.41, 5.74) is 1.75. The van der Waals surface area contributed by atoms with Gasteiger partial charge in [-0.05, 0) is 117 Å². The highest BCUT2D eigenvalue weighted by Gasteiger charge is 2.45. The largest absolute Gasteiger partial charge is 0.462 e. The molecule has 49 heavy (non-hydrogen) atoms. The van der Waals surface area contributed by atoms with Gasteiger partial charge in [-0.1, -0.05) is 38.2 Å². The zero-order valence-corrected chi connectivity index (χ0v) is 36.5. The van der Waals surface area contributed by atoms with Crippen molar-refractivity contribution in [2.45, 2.75) is 130 Å². The monoisotopic (exact) mass is 766 g/mol. The average Bonchev–Trinajstić information content (AvgIpc) is 2.96. The molecule has 0 aromatic rings. The molecule has 0 bridgehead atoms. The molecule has 0 radical (unpaired) electrons. The number of hydrogen-bond donors (Lipinski definition) is 2. The van der Waals surface area contributed by atoms with Gasteiger partial charge in [0, 0.05) is 24.4 Å². The van der Waals surface area contributed by atoms with Crippen molar-refractivity contribution in [1.29, 1.82) is 0 Å². The van der Waals surface area contributed by atoms with Gasteiger partial charge in [-0.25, -0.2) is 19.4 Å². The summed E-state index contributed by atoms with van der Waals surface area (Å²) in [7, 11) is -9.14. The molecule has 0 heterocycles. The molecule has 0 fully saturated rings. The lowest BCUT2D eigenvalue weighted by atomic mass is 10.3. The Balaban J connectivity index is 0. The highest BCUT2D eigenvalue weighted by Crippen LogP contribution is 2.31. The number of ether oxygens (including phenoxy) is 2. The second kappa shape index (κ2) is 26.5. The van der Waals surface area contributed by atoms with Crippen LogP contribution in [0.25, 0.3) is 0 Å². The zero-order chi connectivity index (χ0) is 38.2. The van der Waals surface area contributed by atoms with Crippen LogP contribution in [0, 0.1) is 0 Å². The molecular formula is C34H70O11Si4. The van der Waals surface area contributed by atoms with E-state index in [4.69, 9.17) is 36.7 Å². The van der Waals surface area contributed by atoms with Crippen molar-refractivity contribution < 1.29 is 51.4 Å². The van der Waals surface area contributed by atoms with Gasteiger partial charge in [0.15, 0.2) is 16.6 Å². The minimum absolute atomic E-state index is 0.143. The Labute approximate surface area is 302 Å². The van der Waals surface area contributed by atoms with E-state index < -0.39 is 33.8 Å². The van der Waals surface area contributed by atoms with E-state index in [-0.39, 0.29) is 25.2 Å². The van der Waals surface area contributed by atoms with Crippen LogP contribution in [0.4, 0.5) is 0 Å². The third kappa shape index (κ3) is 30.1. The lowest BCUT2D eigenvalue weighted by Gasteiger charge is -2.42. The Morgan fingerprint density at radius 1 is 0.551 bits per heavy atom. The van der Waals surface area contributed by atoms with Crippen LogP contribution < -0.4 is 0 Å². The van der Waals surface area contributed by atoms with E-state index in [1.165, 1.54) is 0 Å². The van der Waals surface area contributed by atoms with Gasteiger partial charge in [0.2, 0.25) is 0 Å². The molecule has 0 spiro atoms. The van der Waals surface area contributed by atoms with Gasteiger partial charge < -0.3 is 32.0 Å². The number of aliphatic hydroxyl groups is 2. The van der Waals surface area contributed by atoms with E-state index in [1.807, 2.05) is 6.92 Å². The molecule has 0 aliphatic heterocycles. The molecule has 0 aliphatic carbocycles. The predicted molar refractivity (Wildman–Crippen MR) is 206 cm³/mol. The van der Waals surface area contributed by atoms with Crippen molar-refractivity contribution in [3.63, 3.8) is 0 Å². The van der Waals surface area contributed by atoms with Crippen LogP contribution in [0.5, 0.6) is 0 Å². The maximum absolute atomic E-state index is 11.6. The van der Waals surface area contributed by atoms with E-state index in [2.05, 4.69) is 65.6 Å². The predicted octanol–water partition coefficient (Wildman–Crippen LogP) is 7.68. The Morgan fingerprint density at radius 3 is 1.51 bits per heavy atom. The Hall–Kier alpha value is -1.25. The van der Waals surface area contributed by atoms with Crippen molar-refractivity contribution in [2.24, 2.45) is 0 Å². The van der Waals surface area contributed by atoms with Crippen LogP contribution in [0.2, 0.25) is 64.0 Å². The molecule has 0 saturated carbocycles. The molecule has 0 saturated heterocycles. The van der Waals surface area contributed by atoms with Crippen LogP contribution in [0.1, 0.15) is 65.7 Å². The van der Waals surface area contributed by atoms with Crippen LogP contribution in [-0.2, 0) is 41.2 Å². The van der Waals surface area contributed by atoms with Gasteiger partial charge in [0.05, 0.1) is 19.8 Å². The van der Waals surface area contributed by atoms with Crippen molar-refractivity contribution in [1.82, 2.24) is 0 Å². The maximum Gasteiger partial charge on any atom is 0.333 e. The highest BCUT2D eigenvalue weighted by atomic mass is 28.5. The highest BCUT2D eigenvalue weighted by molar-refractivity contribution is 6.89. The summed E-state index contributed by atoms with van der Waals surface area (Å²) in [6, 6.07) is 2.69. The minimum Gasteiger partial charge on any atom is -0.462 e. The molecule has 11 nitrogen and oxygen atoms in total. The van der Waals surface area contributed by atoms with Gasteiger partial charge in [-0.3, -0.25) is 0 Å². The number of carbonyl (C=O) groups is 2. The second-order valence-electron chi connectivity index (χ2n) is 14.4. The molecule has 1 atom stereocenters. The number of unbranched alkanes of at least 4 members (excludes halogenated alkanes) is 3. The molecule has 0 aromatic carbocycles. The third-order valence-corrected chi connectivity index (χ3v) is 23.0. The number of esters is 2. The first-order valence-electron chi connectivity index (χ1n) is 17.5. The standard InChI is InChI=1S/C26H56O8Si4.C8H14O3/c1-24(2)23-31-30-19-16-21-36(7,8)33-38(11,22-14-12-13-17-27)34-37(9,10)32-35(5,6)20-15-18-29-26(28)25(3)4;1-7(2)8(10)11-6-4-3-5-9/h27H,1,3,12-23H2,2,4-11H3;9H,1,3-6H2,2H3. The third-order valence-electron chi connectivity index (χ3n) is 6.80.